The number of Topliss-reactive ketones (excluding diaryl/α,β-unsaturated/α-hetero) is 1. The summed E-state index contributed by atoms with van der Waals surface area (Å²) in [6, 6.07) is 4.55. The van der Waals surface area contributed by atoms with Gasteiger partial charge in [-0.1, -0.05) is 26.8 Å². The Kier molecular flexibility index (Phi) is 9.25. The number of methoxy groups -OCH3 is 1. The van der Waals surface area contributed by atoms with Crippen LogP contribution in [-0.2, 0) is 19.2 Å². The van der Waals surface area contributed by atoms with E-state index in [9.17, 15) is 24.0 Å². The molecule has 11 nitrogen and oxygen atoms in total. The minimum absolute atomic E-state index is 0.0368. The van der Waals surface area contributed by atoms with E-state index >= 15 is 0 Å². The zero-order valence-corrected chi connectivity index (χ0v) is 26.5. The molecule has 0 radical (unpaired) electrons. The lowest BCUT2D eigenvalue weighted by atomic mass is 9.77. The molecule has 12 heteroatoms. The number of likely N-dealkylation sites (tertiary alicyclic amines) is 1. The van der Waals surface area contributed by atoms with Gasteiger partial charge in [-0.3, -0.25) is 24.0 Å². The second-order valence-electron chi connectivity index (χ2n) is 13.0. The standard InChI is InChI=1S/C32H42ClN5O6/c1-17-16-38(27(32(17,2)3)30(42)36-22(24(39)15-33)13-19-7-6-12-34-28(19)40)31(43)26(18-10-11-18)37-29(41)23-14-20-21(35-23)8-5-9-25(20)44-4/h5,8-9,14,17-19,22,26-27,35H,6-7,10-13,15-16H2,1-4H3,(H,34,40)(H,36,42)(H,37,41)/t17-,19+,22+,26?,27-/m1/s1. The summed E-state index contributed by atoms with van der Waals surface area (Å²) in [4.78, 5) is 71.6. The number of hydrogen-bond acceptors (Lipinski definition) is 6. The van der Waals surface area contributed by atoms with Gasteiger partial charge in [0.05, 0.1) is 19.0 Å². The molecule has 1 aromatic heterocycles. The summed E-state index contributed by atoms with van der Waals surface area (Å²) in [6.07, 6.45) is 3.14. The molecule has 1 aliphatic carbocycles. The Hall–Kier alpha value is -3.60. The molecule has 0 spiro atoms. The predicted molar refractivity (Wildman–Crippen MR) is 165 cm³/mol. The summed E-state index contributed by atoms with van der Waals surface area (Å²) in [5, 5.41) is 9.39. The number of H-pyrrole nitrogens is 1. The number of aromatic nitrogens is 1. The highest BCUT2D eigenvalue weighted by molar-refractivity contribution is 6.28. The van der Waals surface area contributed by atoms with Crippen LogP contribution < -0.4 is 20.7 Å². The lowest BCUT2D eigenvalue weighted by Gasteiger charge is -2.35. The van der Waals surface area contributed by atoms with E-state index < -0.39 is 41.3 Å². The number of carbonyl (C=O) groups is 5. The minimum Gasteiger partial charge on any atom is -0.496 e. The summed E-state index contributed by atoms with van der Waals surface area (Å²) in [6.45, 7) is 6.78. The summed E-state index contributed by atoms with van der Waals surface area (Å²) >= 11 is 5.91. The fourth-order valence-electron chi connectivity index (χ4n) is 6.60. The molecule has 2 aliphatic heterocycles. The number of rotatable bonds is 11. The smallest absolute Gasteiger partial charge is 0.268 e. The minimum atomic E-state index is -0.949. The van der Waals surface area contributed by atoms with Gasteiger partial charge in [0.1, 0.15) is 23.5 Å². The van der Waals surface area contributed by atoms with Crippen LogP contribution in [-0.4, -0.2) is 83.5 Å². The van der Waals surface area contributed by atoms with Gasteiger partial charge < -0.3 is 30.6 Å². The molecular weight excluding hydrogens is 586 g/mol. The van der Waals surface area contributed by atoms with Gasteiger partial charge >= 0.3 is 0 Å². The first-order valence-electron chi connectivity index (χ1n) is 15.4. The van der Waals surface area contributed by atoms with Gasteiger partial charge in [-0.15, -0.1) is 11.6 Å². The summed E-state index contributed by atoms with van der Waals surface area (Å²) in [5.41, 5.74) is 0.423. The third-order valence-electron chi connectivity index (χ3n) is 9.78. The number of piperidine rings is 1. The fraction of sp³-hybridized carbons (Fsp3) is 0.594. The lowest BCUT2D eigenvalue weighted by molar-refractivity contribution is -0.143. The van der Waals surface area contributed by atoms with Crippen molar-refractivity contribution in [3.8, 4) is 5.75 Å². The van der Waals surface area contributed by atoms with Crippen molar-refractivity contribution in [3.05, 3.63) is 30.0 Å². The number of ether oxygens (including phenoxy) is 1. The first kappa shape index (κ1) is 31.8. The summed E-state index contributed by atoms with van der Waals surface area (Å²) in [7, 11) is 1.56. The first-order valence-corrected chi connectivity index (χ1v) is 15.9. The summed E-state index contributed by atoms with van der Waals surface area (Å²) < 4.78 is 5.42. The number of ketones is 1. The molecular formula is C32H42ClN5O6. The zero-order chi connectivity index (χ0) is 31.8. The van der Waals surface area contributed by atoms with Crippen molar-refractivity contribution in [2.24, 2.45) is 23.2 Å². The van der Waals surface area contributed by atoms with Crippen molar-refractivity contribution >= 4 is 51.9 Å². The predicted octanol–water partition coefficient (Wildman–Crippen LogP) is 2.77. The molecule has 2 aromatic rings. The van der Waals surface area contributed by atoms with E-state index in [1.807, 2.05) is 39.0 Å². The monoisotopic (exact) mass is 627 g/mol. The zero-order valence-electron chi connectivity index (χ0n) is 25.7. The molecule has 3 aliphatic rings. The number of nitrogens with zero attached hydrogens (tertiary/aromatic N) is 1. The van der Waals surface area contributed by atoms with Crippen molar-refractivity contribution in [2.75, 3.05) is 26.1 Å². The third-order valence-corrected chi connectivity index (χ3v) is 10.0. The van der Waals surface area contributed by atoms with E-state index in [-0.39, 0.29) is 41.7 Å². The molecule has 3 fully saturated rings. The van der Waals surface area contributed by atoms with Gasteiger partial charge in [-0.2, -0.15) is 0 Å². The average molecular weight is 628 g/mol. The van der Waals surface area contributed by atoms with E-state index in [2.05, 4.69) is 20.9 Å². The maximum Gasteiger partial charge on any atom is 0.268 e. The highest BCUT2D eigenvalue weighted by atomic mass is 35.5. The highest BCUT2D eigenvalue weighted by Crippen LogP contribution is 2.43. The SMILES string of the molecule is COc1cccc2[nH]c(C(=O)NC(C(=O)N3C[C@@H](C)C(C)(C)[C@H]3C(=O)N[C@@H](C[C@@H]3CCCNC3=O)C(=O)CCl)C3CC3)cc12. The molecule has 5 atom stereocenters. The number of benzene rings is 1. The number of nitrogens with one attached hydrogen (secondary N) is 4. The molecule has 3 heterocycles. The van der Waals surface area contributed by atoms with Crippen LogP contribution in [0.5, 0.6) is 5.75 Å². The second kappa shape index (κ2) is 12.8. The van der Waals surface area contributed by atoms with Crippen LogP contribution in [0.4, 0.5) is 0 Å². The fourth-order valence-corrected chi connectivity index (χ4v) is 6.79. The second-order valence-corrected chi connectivity index (χ2v) is 13.3. The number of fused-ring (bicyclic) bond motifs is 1. The molecule has 238 valence electrons. The van der Waals surface area contributed by atoms with Crippen LogP contribution in [0.1, 0.15) is 63.4 Å². The van der Waals surface area contributed by atoms with Crippen LogP contribution in [0.3, 0.4) is 0 Å². The maximum atomic E-state index is 14.2. The van der Waals surface area contributed by atoms with Gasteiger partial charge in [0.25, 0.3) is 5.91 Å². The van der Waals surface area contributed by atoms with E-state index in [0.29, 0.717) is 31.0 Å². The molecule has 5 rings (SSSR count). The number of amides is 4. The molecule has 1 saturated carbocycles. The number of hydrogen-bond donors (Lipinski definition) is 4. The number of carbonyl (C=O) groups excluding carboxylic acids is 5. The van der Waals surface area contributed by atoms with E-state index in [4.69, 9.17) is 16.3 Å². The Morgan fingerprint density at radius 1 is 1.16 bits per heavy atom. The van der Waals surface area contributed by atoms with Crippen LogP contribution in [0.25, 0.3) is 10.9 Å². The van der Waals surface area contributed by atoms with Crippen LogP contribution in [0.2, 0.25) is 0 Å². The largest absolute Gasteiger partial charge is 0.496 e. The van der Waals surface area contributed by atoms with Gasteiger partial charge in [0.2, 0.25) is 17.7 Å². The van der Waals surface area contributed by atoms with E-state index in [1.165, 1.54) is 0 Å². The Bertz CT molecular complexity index is 1450. The van der Waals surface area contributed by atoms with Gasteiger partial charge in [-0.05, 0) is 67.6 Å². The Labute approximate surface area is 262 Å². The molecule has 2 saturated heterocycles. The Morgan fingerprint density at radius 3 is 2.57 bits per heavy atom. The maximum absolute atomic E-state index is 14.2. The van der Waals surface area contributed by atoms with Crippen molar-refractivity contribution in [1.29, 1.82) is 0 Å². The van der Waals surface area contributed by atoms with Gasteiger partial charge in [-0.25, -0.2) is 0 Å². The van der Waals surface area contributed by atoms with Crippen molar-refractivity contribution in [1.82, 2.24) is 25.8 Å². The Balaban J connectivity index is 1.36. The molecule has 1 unspecified atom stereocenters. The number of aromatic amines is 1. The van der Waals surface area contributed by atoms with Crippen LogP contribution in [0.15, 0.2) is 24.3 Å². The normalized spacial score (nSPS) is 24.3. The van der Waals surface area contributed by atoms with Crippen molar-refractivity contribution in [2.45, 2.75) is 71.0 Å². The number of alkyl halides is 1. The molecule has 4 N–H and O–H groups in total. The molecule has 44 heavy (non-hydrogen) atoms. The third kappa shape index (κ3) is 6.29. The van der Waals surface area contributed by atoms with Crippen LogP contribution >= 0.6 is 11.6 Å². The van der Waals surface area contributed by atoms with Gasteiger partial charge in [0, 0.05) is 29.9 Å². The summed E-state index contributed by atoms with van der Waals surface area (Å²) in [5.74, 6) is -1.87. The quantitative estimate of drug-likeness (QED) is 0.282. The number of halogens is 1. The lowest BCUT2D eigenvalue weighted by Crippen LogP contribution is -2.59. The van der Waals surface area contributed by atoms with Crippen molar-refractivity contribution in [3.63, 3.8) is 0 Å². The average Bonchev–Trinajstić information content (AvgIpc) is 3.69. The van der Waals surface area contributed by atoms with Crippen LogP contribution in [0, 0.1) is 23.2 Å². The first-order chi connectivity index (χ1) is 21.0. The molecule has 0 bridgehead atoms. The van der Waals surface area contributed by atoms with Gasteiger partial charge in [0.15, 0.2) is 5.78 Å². The molecule has 1 aromatic carbocycles. The Morgan fingerprint density at radius 2 is 1.91 bits per heavy atom. The molecule has 4 amide bonds. The highest BCUT2D eigenvalue weighted by Gasteiger charge is 2.54. The van der Waals surface area contributed by atoms with E-state index in [1.54, 1.807) is 18.1 Å². The van der Waals surface area contributed by atoms with Crippen molar-refractivity contribution < 1.29 is 28.7 Å². The van der Waals surface area contributed by atoms with E-state index in [0.717, 1.165) is 30.2 Å². The topological polar surface area (TPSA) is 150 Å².